The fourth-order valence-electron chi connectivity index (χ4n) is 1.93. The van der Waals surface area contributed by atoms with E-state index in [9.17, 15) is 9.18 Å². The quantitative estimate of drug-likeness (QED) is 0.810. The van der Waals surface area contributed by atoms with E-state index in [1.165, 1.54) is 17.8 Å². The average Bonchev–Trinajstić information content (AvgIpc) is 2.47. The summed E-state index contributed by atoms with van der Waals surface area (Å²) in [4.78, 5) is 12.4. The van der Waals surface area contributed by atoms with Gasteiger partial charge in [0.05, 0.1) is 5.56 Å². The monoisotopic (exact) mass is 290 g/mol. The standard InChI is InChI=1S/C15H11FO3S/c16-12-2-1-3-15(11(12)9-17)20-10-4-5-13-14(8-10)19-7-6-18-13/h1-5,8-9H,6-7H2. The first-order valence-electron chi connectivity index (χ1n) is 6.09. The van der Waals surface area contributed by atoms with Crippen LogP contribution in [0.4, 0.5) is 4.39 Å². The largest absolute Gasteiger partial charge is 0.486 e. The lowest BCUT2D eigenvalue weighted by Gasteiger charge is -2.18. The van der Waals surface area contributed by atoms with Gasteiger partial charge in [0.1, 0.15) is 19.0 Å². The molecule has 1 heterocycles. The van der Waals surface area contributed by atoms with E-state index in [-0.39, 0.29) is 5.56 Å². The maximum atomic E-state index is 13.5. The summed E-state index contributed by atoms with van der Waals surface area (Å²) in [6, 6.07) is 10.1. The number of benzene rings is 2. The van der Waals surface area contributed by atoms with Crippen molar-refractivity contribution in [2.75, 3.05) is 13.2 Å². The lowest BCUT2D eigenvalue weighted by Crippen LogP contribution is -2.15. The molecular weight excluding hydrogens is 279 g/mol. The number of hydrogen-bond donors (Lipinski definition) is 0. The Bertz CT molecular complexity index is 658. The molecule has 0 spiro atoms. The number of carbonyl (C=O) groups is 1. The normalized spacial score (nSPS) is 13.1. The van der Waals surface area contributed by atoms with Crippen LogP contribution < -0.4 is 9.47 Å². The molecule has 0 aliphatic carbocycles. The van der Waals surface area contributed by atoms with Gasteiger partial charge in [-0.3, -0.25) is 4.79 Å². The molecule has 0 fully saturated rings. The summed E-state index contributed by atoms with van der Waals surface area (Å²) in [6.07, 6.45) is 0.537. The van der Waals surface area contributed by atoms with Crippen LogP contribution in [0.3, 0.4) is 0 Å². The summed E-state index contributed by atoms with van der Waals surface area (Å²) in [6.45, 7) is 1.05. The number of fused-ring (bicyclic) bond motifs is 1. The van der Waals surface area contributed by atoms with E-state index in [0.717, 1.165) is 4.90 Å². The van der Waals surface area contributed by atoms with Crippen molar-refractivity contribution in [1.29, 1.82) is 0 Å². The minimum atomic E-state index is -0.512. The molecule has 2 aromatic rings. The topological polar surface area (TPSA) is 35.5 Å². The van der Waals surface area contributed by atoms with Gasteiger partial charge >= 0.3 is 0 Å². The Kier molecular flexibility index (Phi) is 3.60. The average molecular weight is 290 g/mol. The van der Waals surface area contributed by atoms with Crippen molar-refractivity contribution < 1.29 is 18.7 Å². The zero-order valence-electron chi connectivity index (χ0n) is 10.5. The van der Waals surface area contributed by atoms with E-state index in [2.05, 4.69) is 0 Å². The fourth-order valence-corrected chi connectivity index (χ4v) is 2.89. The molecular formula is C15H11FO3S. The SMILES string of the molecule is O=Cc1c(F)cccc1Sc1ccc2c(c1)OCCO2. The first-order valence-corrected chi connectivity index (χ1v) is 6.91. The van der Waals surface area contributed by atoms with Gasteiger partial charge in [-0.05, 0) is 30.3 Å². The third kappa shape index (κ3) is 2.49. The van der Waals surface area contributed by atoms with E-state index in [4.69, 9.17) is 9.47 Å². The minimum absolute atomic E-state index is 0.0763. The second-order valence-electron chi connectivity index (χ2n) is 4.18. The van der Waals surface area contributed by atoms with Crippen molar-refractivity contribution in [2.45, 2.75) is 9.79 Å². The Morgan fingerprint density at radius 1 is 1.10 bits per heavy atom. The molecule has 0 atom stereocenters. The molecule has 102 valence electrons. The van der Waals surface area contributed by atoms with Crippen molar-refractivity contribution in [3.05, 3.63) is 47.8 Å². The second kappa shape index (κ2) is 5.54. The number of halogens is 1. The number of rotatable bonds is 3. The van der Waals surface area contributed by atoms with Crippen molar-refractivity contribution in [1.82, 2.24) is 0 Å². The number of hydrogen-bond acceptors (Lipinski definition) is 4. The Hall–Kier alpha value is -2.01. The van der Waals surface area contributed by atoms with Gasteiger partial charge in [0, 0.05) is 9.79 Å². The molecule has 0 saturated carbocycles. The molecule has 0 N–H and O–H groups in total. The third-order valence-corrected chi connectivity index (χ3v) is 3.94. The minimum Gasteiger partial charge on any atom is -0.486 e. The van der Waals surface area contributed by atoms with E-state index < -0.39 is 5.82 Å². The summed E-state index contributed by atoms with van der Waals surface area (Å²) < 4.78 is 24.5. The summed E-state index contributed by atoms with van der Waals surface area (Å²) in [7, 11) is 0. The third-order valence-electron chi connectivity index (χ3n) is 2.87. The highest BCUT2D eigenvalue weighted by Gasteiger charge is 2.14. The van der Waals surface area contributed by atoms with E-state index in [1.54, 1.807) is 12.1 Å². The Balaban J connectivity index is 1.92. The summed E-state index contributed by atoms with van der Waals surface area (Å²) in [5.74, 6) is 0.864. The molecule has 0 aromatic heterocycles. The van der Waals surface area contributed by atoms with Crippen molar-refractivity contribution in [3.63, 3.8) is 0 Å². The molecule has 0 amide bonds. The van der Waals surface area contributed by atoms with Gasteiger partial charge in [-0.15, -0.1) is 0 Å². The highest BCUT2D eigenvalue weighted by Crippen LogP contribution is 2.37. The maximum Gasteiger partial charge on any atom is 0.162 e. The zero-order chi connectivity index (χ0) is 13.9. The molecule has 5 heteroatoms. The molecule has 2 aromatic carbocycles. The number of aldehydes is 1. The summed E-state index contributed by atoms with van der Waals surface area (Å²) in [5, 5.41) is 0. The van der Waals surface area contributed by atoms with Crippen LogP contribution in [0.25, 0.3) is 0 Å². The van der Waals surface area contributed by atoms with E-state index >= 15 is 0 Å². The predicted octanol–water partition coefficient (Wildman–Crippen LogP) is 3.56. The first kappa shape index (κ1) is 13.0. The highest BCUT2D eigenvalue weighted by atomic mass is 32.2. The molecule has 0 unspecified atom stereocenters. The molecule has 3 rings (SSSR count). The van der Waals surface area contributed by atoms with Gasteiger partial charge in [-0.2, -0.15) is 0 Å². The molecule has 20 heavy (non-hydrogen) atoms. The van der Waals surface area contributed by atoms with Gasteiger partial charge in [-0.25, -0.2) is 4.39 Å². The van der Waals surface area contributed by atoms with Crippen LogP contribution >= 0.6 is 11.8 Å². The molecule has 3 nitrogen and oxygen atoms in total. The fraction of sp³-hybridized carbons (Fsp3) is 0.133. The Morgan fingerprint density at radius 3 is 2.70 bits per heavy atom. The zero-order valence-corrected chi connectivity index (χ0v) is 11.3. The molecule has 1 aliphatic rings. The highest BCUT2D eigenvalue weighted by molar-refractivity contribution is 7.99. The van der Waals surface area contributed by atoms with Gasteiger partial charge in [0.25, 0.3) is 0 Å². The van der Waals surface area contributed by atoms with E-state index in [1.807, 2.05) is 18.2 Å². The first-order chi connectivity index (χ1) is 9.78. The van der Waals surface area contributed by atoms with Crippen molar-refractivity contribution >= 4 is 18.0 Å². The predicted molar refractivity (Wildman–Crippen MR) is 73.3 cm³/mol. The van der Waals surface area contributed by atoms with Crippen molar-refractivity contribution in [3.8, 4) is 11.5 Å². The van der Waals surface area contributed by atoms with Crippen molar-refractivity contribution in [2.24, 2.45) is 0 Å². The van der Waals surface area contributed by atoms with Crippen LogP contribution in [-0.2, 0) is 0 Å². The van der Waals surface area contributed by atoms with Gasteiger partial charge in [0.15, 0.2) is 17.8 Å². The number of ether oxygens (including phenoxy) is 2. The smallest absolute Gasteiger partial charge is 0.162 e. The van der Waals surface area contributed by atoms with Crippen LogP contribution in [0.1, 0.15) is 10.4 Å². The van der Waals surface area contributed by atoms with Crippen LogP contribution in [0.2, 0.25) is 0 Å². The molecule has 1 aliphatic heterocycles. The number of carbonyl (C=O) groups excluding carboxylic acids is 1. The van der Waals surface area contributed by atoms with Gasteiger partial charge < -0.3 is 9.47 Å². The summed E-state index contributed by atoms with van der Waals surface area (Å²) >= 11 is 1.32. The lowest BCUT2D eigenvalue weighted by atomic mass is 10.2. The van der Waals surface area contributed by atoms with Crippen LogP contribution in [-0.4, -0.2) is 19.5 Å². The maximum absolute atomic E-state index is 13.5. The van der Waals surface area contributed by atoms with Crippen LogP contribution in [0.15, 0.2) is 46.2 Å². The summed E-state index contributed by atoms with van der Waals surface area (Å²) in [5.41, 5.74) is 0.0763. The Morgan fingerprint density at radius 2 is 1.90 bits per heavy atom. The van der Waals surface area contributed by atoms with E-state index in [0.29, 0.717) is 35.9 Å². The lowest BCUT2D eigenvalue weighted by molar-refractivity contribution is 0.111. The van der Waals surface area contributed by atoms with Crippen LogP contribution in [0, 0.1) is 5.82 Å². The van der Waals surface area contributed by atoms with Crippen LogP contribution in [0.5, 0.6) is 11.5 Å². The molecule has 0 bridgehead atoms. The Labute approximate surface area is 119 Å². The molecule has 0 radical (unpaired) electrons. The van der Waals surface area contributed by atoms with Gasteiger partial charge in [-0.1, -0.05) is 17.8 Å². The van der Waals surface area contributed by atoms with Gasteiger partial charge in [0.2, 0.25) is 0 Å². The molecule has 0 saturated heterocycles. The second-order valence-corrected chi connectivity index (χ2v) is 5.29.